The van der Waals surface area contributed by atoms with Gasteiger partial charge in [0.15, 0.2) is 5.75 Å². The number of ether oxygens (including phenoxy) is 1. The van der Waals surface area contributed by atoms with Gasteiger partial charge >= 0.3 is 0 Å². The highest BCUT2D eigenvalue weighted by Gasteiger charge is 2.00. The lowest BCUT2D eigenvalue weighted by Gasteiger charge is -2.04. The SMILES string of the molecule is O=c1[nH]cccc1OCc1cccc(Cl)c1. The summed E-state index contributed by atoms with van der Waals surface area (Å²) in [4.78, 5) is 13.8. The molecular weight excluding hydrogens is 226 g/mol. The van der Waals surface area contributed by atoms with Crippen LogP contribution in [-0.4, -0.2) is 4.98 Å². The highest BCUT2D eigenvalue weighted by molar-refractivity contribution is 6.30. The minimum Gasteiger partial charge on any atom is -0.483 e. The van der Waals surface area contributed by atoms with Crippen LogP contribution in [0.25, 0.3) is 0 Å². The van der Waals surface area contributed by atoms with Crippen molar-refractivity contribution < 1.29 is 4.74 Å². The third-order valence-corrected chi connectivity index (χ3v) is 2.30. The van der Waals surface area contributed by atoms with Crippen molar-refractivity contribution in [3.05, 3.63) is 63.5 Å². The zero-order valence-corrected chi connectivity index (χ0v) is 9.20. The summed E-state index contributed by atoms with van der Waals surface area (Å²) < 4.78 is 5.38. The lowest BCUT2D eigenvalue weighted by Crippen LogP contribution is -2.09. The maximum absolute atomic E-state index is 11.3. The zero-order chi connectivity index (χ0) is 11.4. The second-order valence-corrected chi connectivity index (χ2v) is 3.72. The number of halogens is 1. The van der Waals surface area contributed by atoms with E-state index in [1.807, 2.05) is 12.1 Å². The fraction of sp³-hybridized carbons (Fsp3) is 0.0833. The zero-order valence-electron chi connectivity index (χ0n) is 8.44. The molecule has 2 aromatic rings. The van der Waals surface area contributed by atoms with Gasteiger partial charge in [-0.25, -0.2) is 0 Å². The van der Waals surface area contributed by atoms with E-state index in [1.165, 1.54) is 0 Å². The number of H-pyrrole nitrogens is 1. The van der Waals surface area contributed by atoms with Gasteiger partial charge in [-0.2, -0.15) is 0 Å². The summed E-state index contributed by atoms with van der Waals surface area (Å²) in [6.45, 7) is 0.327. The Hall–Kier alpha value is -1.74. The van der Waals surface area contributed by atoms with Gasteiger partial charge in [-0.15, -0.1) is 0 Å². The number of hydrogen-bond acceptors (Lipinski definition) is 2. The number of aromatic nitrogens is 1. The highest BCUT2D eigenvalue weighted by atomic mass is 35.5. The first-order chi connectivity index (χ1) is 7.75. The number of aromatic amines is 1. The van der Waals surface area contributed by atoms with Gasteiger partial charge in [0.2, 0.25) is 0 Å². The highest BCUT2D eigenvalue weighted by Crippen LogP contribution is 2.12. The quantitative estimate of drug-likeness (QED) is 0.889. The number of nitrogens with one attached hydrogen (secondary N) is 1. The Labute approximate surface area is 97.7 Å². The summed E-state index contributed by atoms with van der Waals surface area (Å²) in [5.74, 6) is 0.308. The summed E-state index contributed by atoms with van der Waals surface area (Å²) in [5, 5.41) is 0.656. The third-order valence-electron chi connectivity index (χ3n) is 2.07. The van der Waals surface area contributed by atoms with E-state index in [0.29, 0.717) is 17.4 Å². The van der Waals surface area contributed by atoms with Crippen LogP contribution in [0.5, 0.6) is 5.75 Å². The second-order valence-electron chi connectivity index (χ2n) is 3.28. The van der Waals surface area contributed by atoms with Gasteiger partial charge in [-0.3, -0.25) is 4.79 Å². The van der Waals surface area contributed by atoms with Crippen molar-refractivity contribution in [3.8, 4) is 5.75 Å². The van der Waals surface area contributed by atoms with Gasteiger partial charge in [-0.05, 0) is 29.8 Å². The van der Waals surface area contributed by atoms with E-state index in [9.17, 15) is 4.79 Å². The second kappa shape index (κ2) is 4.86. The Morgan fingerprint density at radius 2 is 2.12 bits per heavy atom. The number of hydrogen-bond donors (Lipinski definition) is 1. The van der Waals surface area contributed by atoms with E-state index in [4.69, 9.17) is 16.3 Å². The first kappa shape index (κ1) is 10.8. The fourth-order valence-corrected chi connectivity index (χ4v) is 1.52. The average molecular weight is 236 g/mol. The predicted octanol–water partition coefficient (Wildman–Crippen LogP) is 2.61. The molecule has 0 atom stereocenters. The molecule has 4 heteroatoms. The molecule has 82 valence electrons. The Morgan fingerprint density at radius 1 is 1.25 bits per heavy atom. The molecule has 16 heavy (non-hydrogen) atoms. The molecule has 1 heterocycles. The van der Waals surface area contributed by atoms with Gasteiger partial charge < -0.3 is 9.72 Å². The Kier molecular flexibility index (Phi) is 3.27. The molecular formula is C12H10ClNO2. The summed E-state index contributed by atoms with van der Waals surface area (Å²) in [7, 11) is 0. The van der Waals surface area contributed by atoms with Crippen LogP contribution in [0, 0.1) is 0 Å². The van der Waals surface area contributed by atoms with Crippen molar-refractivity contribution in [1.29, 1.82) is 0 Å². The summed E-state index contributed by atoms with van der Waals surface area (Å²) in [6.07, 6.45) is 1.56. The Morgan fingerprint density at radius 3 is 2.88 bits per heavy atom. The number of rotatable bonds is 3. The monoisotopic (exact) mass is 235 g/mol. The van der Waals surface area contributed by atoms with Crippen LogP contribution >= 0.6 is 11.6 Å². The van der Waals surface area contributed by atoms with Crippen molar-refractivity contribution >= 4 is 11.6 Å². The van der Waals surface area contributed by atoms with Crippen LogP contribution < -0.4 is 10.3 Å². The van der Waals surface area contributed by atoms with Crippen molar-refractivity contribution in [1.82, 2.24) is 4.98 Å². The molecule has 0 amide bonds. The topological polar surface area (TPSA) is 42.1 Å². The van der Waals surface area contributed by atoms with Gasteiger partial charge in [0.25, 0.3) is 5.56 Å². The average Bonchev–Trinajstić information content (AvgIpc) is 2.28. The van der Waals surface area contributed by atoms with Crippen molar-refractivity contribution in [2.24, 2.45) is 0 Å². The van der Waals surface area contributed by atoms with E-state index in [-0.39, 0.29) is 5.56 Å². The van der Waals surface area contributed by atoms with E-state index in [2.05, 4.69) is 4.98 Å². The Balaban J connectivity index is 2.08. The summed E-state index contributed by atoms with van der Waals surface area (Å²) >= 11 is 5.83. The maximum Gasteiger partial charge on any atom is 0.290 e. The molecule has 1 N–H and O–H groups in total. The molecule has 0 saturated heterocycles. The molecule has 0 aliphatic heterocycles. The molecule has 1 aromatic heterocycles. The molecule has 2 rings (SSSR count). The standard InChI is InChI=1S/C12H10ClNO2/c13-10-4-1-3-9(7-10)8-16-11-5-2-6-14-12(11)15/h1-7H,8H2,(H,14,15). The molecule has 0 aliphatic carbocycles. The molecule has 1 aromatic carbocycles. The smallest absolute Gasteiger partial charge is 0.290 e. The van der Waals surface area contributed by atoms with Crippen LogP contribution in [0.15, 0.2) is 47.4 Å². The van der Waals surface area contributed by atoms with E-state index in [1.54, 1.807) is 30.5 Å². The van der Waals surface area contributed by atoms with Gasteiger partial charge in [0.1, 0.15) is 6.61 Å². The molecule has 0 aliphatic rings. The lowest BCUT2D eigenvalue weighted by molar-refractivity contribution is 0.301. The summed E-state index contributed by atoms with van der Waals surface area (Å²) in [6, 6.07) is 10.7. The molecule has 0 fully saturated rings. The first-order valence-electron chi connectivity index (χ1n) is 4.80. The van der Waals surface area contributed by atoms with Gasteiger partial charge in [0.05, 0.1) is 0 Å². The first-order valence-corrected chi connectivity index (χ1v) is 5.18. The molecule has 0 spiro atoms. The van der Waals surface area contributed by atoms with Gasteiger partial charge in [-0.1, -0.05) is 23.7 Å². The van der Waals surface area contributed by atoms with Crippen LogP contribution in [0.4, 0.5) is 0 Å². The van der Waals surface area contributed by atoms with Crippen LogP contribution in [0.2, 0.25) is 5.02 Å². The third kappa shape index (κ3) is 2.64. The minimum atomic E-state index is -0.232. The van der Waals surface area contributed by atoms with Crippen molar-refractivity contribution in [2.45, 2.75) is 6.61 Å². The molecule has 0 saturated carbocycles. The van der Waals surface area contributed by atoms with Gasteiger partial charge in [0, 0.05) is 11.2 Å². The summed E-state index contributed by atoms with van der Waals surface area (Å²) in [5.41, 5.74) is 0.695. The lowest BCUT2D eigenvalue weighted by atomic mass is 10.2. The molecule has 0 bridgehead atoms. The molecule has 3 nitrogen and oxygen atoms in total. The van der Waals surface area contributed by atoms with Crippen molar-refractivity contribution in [3.63, 3.8) is 0 Å². The van der Waals surface area contributed by atoms with E-state index >= 15 is 0 Å². The molecule has 0 unspecified atom stereocenters. The van der Waals surface area contributed by atoms with Crippen LogP contribution in [0.1, 0.15) is 5.56 Å². The fourth-order valence-electron chi connectivity index (χ4n) is 1.31. The number of pyridine rings is 1. The Bertz CT molecular complexity index is 536. The largest absolute Gasteiger partial charge is 0.483 e. The minimum absolute atomic E-state index is 0.232. The van der Waals surface area contributed by atoms with Crippen molar-refractivity contribution in [2.75, 3.05) is 0 Å². The predicted molar refractivity (Wildman–Crippen MR) is 62.8 cm³/mol. The normalized spacial score (nSPS) is 10.1. The molecule has 0 radical (unpaired) electrons. The number of benzene rings is 1. The van der Waals surface area contributed by atoms with Crippen LogP contribution in [-0.2, 0) is 6.61 Å². The maximum atomic E-state index is 11.3. The van der Waals surface area contributed by atoms with E-state index in [0.717, 1.165) is 5.56 Å². The van der Waals surface area contributed by atoms with Crippen LogP contribution in [0.3, 0.4) is 0 Å². The van der Waals surface area contributed by atoms with E-state index < -0.39 is 0 Å².